The van der Waals surface area contributed by atoms with Crippen molar-refractivity contribution in [3.63, 3.8) is 0 Å². The lowest BCUT2D eigenvalue weighted by molar-refractivity contribution is 0.508. The van der Waals surface area contributed by atoms with Crippen LogP contribution < -0.4 is 11.0 Å². The monoisotopic (exact) mass is 292 g/mol. The Hall–Kier alpha value is -1.40. The average molecular weight is 292 g/mol. The third kappa shape index (κ3) is 2.86. The summed E-state index contributed by atoms with van der Waals surface area (Å²) in [7, 11) is 0. The highest BCUT2D eigenvalue weighted by molar-refractivity contribution is 7.11. The van der Waals surface area contributed by atoms with E-state index in [2.05, 4.69) is 29.5 Å². The number of aromatic nitrogens is 3. The molecule has 0 atom stereocenters. The molecule has 0 radical (unpaired) electrons. The highest BCUT2D eigenvalue weighted by Crippen LogP contribution is 2.14. The number of aryl methyl sites for hydroxylation is 2. The van der Waals surface area contributed by atoms with E-state index in [9.17, 15) is 4.79 Å². The van der Waals surface area contributed by atoms with Crippen LogP contribution in [0.25, 0.3) is 0 Å². The van der Waals surface area contributed by atoms with Crippen molar-refractivity contribution >= 4 is 11.3 Å². The molecular weight excluding hydrogens is 272 g/mol. The van der Waals surface area contributed by atoms with E-state index in [0.29, 0.717) is 6.54 Å². The Morgan fingerprint density at radius 1 is 1.40 bits per heavy atom. The van der Waals surface area contributed by atoms with Crippen LogP contribution in [0.2, 0.25) is 0 Å². The van der Waals surface area contributed by atoms with Gasteiger partial charge in [0.2, 0.25) is 0 Å². The summed E-state index contributed by atoms with van der Waals surface area (Å²) in [5.41, 5.74) is 0.0495. The van der Waals surface area contributed by atoms with Crippen LogP contribution >= 0.6 is 11.3 Å². The molecule has 0 amide bonds. The molecule has 1 N–H and O–H groups in total. The van der Waals surface area contributed by atoms with Crippen LogP contribution in [0.4, 0.5) is 0 Å². The van der Waals surface area contributed by atoms with Gasteiger partial charge in [0.05, 0.1) is 6.54 Å². The lowest BCUT2D eigenvalue weighted by Gasteiger charge is -2.09. The number of hydrogen-bond donors (Lipinski definition) is 1. The van der Waals surface area contributed by atoms with Gasteiger partial charge in [0, 0.05) is 35.8 Å². The molecule has 0 spiro atoms. The van der Waals surface area contributed by atoms with Gasteiger partial charge in [0.25, 0.3) is 0 Å². The van der Waals surface area contributed by atoms with Crippen molar-refractivity contribution in [1.82, 2.24) is 19.7 Å². The molecule has 0 unspecified atom stereocenters. The predicted octanol–water partition coefficient (Wildman–Crippen LogP) is 1.54. The molecule has 1 aliphatic heterocycles. The summed E-state index contributed by atoms with van der Waals surface area (Å²) in [4.78, 5) is 14.8. The molecule has 0 bridgehead atoms. The Balaban J connectivity index is 1.54. The van der Waals surface area contributed by atoms with Gasteiger partial charge in [-0.1, -0.05) is 0 Å². The normalized spacial score (nSPS) is 14.4. The lowest BCUT2D eigenvalue weighted by atomic mass is 10.2. The fourth-order valence-electron chi connectivity index (χ4n) is 2.57. The molecule has 0 aromatic carbocycles. The number of hydrogen-bond acceptors (Lipinski definition) is 4. The molecule has 1 aliphatic rings. The van der Waals surface area contributed by atoms with Crippen LogP contribution in [0.3, 0.4) is 0 Å². The van der Waals surface area contributed by atoms with Gasteiger partial charge in [0.1, 0.15) is 5.82 Å². The maximum absolute atomic E-state index is 12.1. The van der Waals surface area contributed by atoms with Crippen molar-refractivity contribution in [2.75, 3.05) is 6.54 Å². The third-order valence-corrected chi connectivity index (χ3v) is 4.63. The second kappa shape index (κ2) is 5.93. The predicted molar refractivity (Wildman–Crippen MR) is 80.2 cm³/mol. The summed E-state index contributed by atoms with van der Waals surface area (Å²) in [5, 5.41) is 7.80. The molecule has 2 aromatic rings. The van der Waals surface area contributed by atoms with Gasteiger partial charge in [-0.15, -0.1) is 11.3 Å². The summed E-state index contributed by atoms with van der Waals surface area (Å²) in [5.74, 6) is 0.954. The summed E-state index contributed by atoms with van der Waals surface area (Å²) >= 11 is 1.81. The highest BCUT2D eigenvalue weighted by Gasteiger charge is 2.15. The van der Waals surface area contributed by atoms with Crippen LogP contribution in [0, 0.1) is 6.92 Å². The number of fused-ring (bicyclic) bond motifs is 1. The lowest BCUT2D eigenvalue weighted by Crippen LogP contribution is -2.30. The zero-order valence-electron chi connectivity index (χ0n) is 11.8. The van der Waals surface area contributed by atoms with E-state index in [4.69, 9.17) is 0 Å². The molecule has 0 saturated heterocycles. The van der Waals surface area contributed by atoms with Crippen molar-refractivity contribution in [3.05, 3.63) is 38.2 Å². The van der Waals surface area contributed by atoms with Gasteiger partial charge in [-0.25, -0.2) is 9.48 Å². The van der Waals surface area contributed by atoms with E-state index >= 15 is 0 Å². The van der Waals surface area contributed by atoms with E-state index in [0.717, 1.165) is 44.7 Å². The van der Waals surface area contributed by atoms with Gasteiger partial charge in [-0.3, -0.25) is 4.57 Å². The standard InChI is InChI=1S/C14H20N4OS/c1-11-5-6-12(20-11)10-15-7-9-18-14(19)17-8-3-2-4-13(17)16-18/h5-6,15H,2-4,7-10H2,1H3. The molecule has 108 valence electrons. The van der Waals surface area contributed by atoms with Crippen LogP contribution in [0.15, 0.2) is 16.9 Å². The zero-order valence-corrected chi connectivity index (χ0v) is 12.6. The molecule has 0 fully saturated rings. The zero-order chi connectivity index (χ0) is 13.9. The average Bonchev–Trinajstić information content (AvgIpc) is 3.00. The molecule has 2 aromatic heterocycles. The number of nitrogens with zero attached hydrogens (tertiary/aromatic N) is 3. The Bertz CT molecular complexity index is 640. The van der Waals surface area contributed by atoms with Gasteiger partial charge in [-0.2, -0.15) is 5.10 Å². The SMILES string of the molecule is Cc1ccc(CNCCn2nc3n(c2=O)CCCC3)s1. The first kappa shape index (κ1) is 13.6. The van der Waals surface area contributed by atoms with Crippen molar-refractivity contribution in [1.29, 1.82) is 0 Å². The summed E-state index contributed by atoms with van der Waals surface area (Å²) in [6.45, 7) is 5.22. The van der Waals surface area contributed by atoms with Gasteiger partial charge >= 0.3 is 5.69 Å². The number of thiophene rings is 1. The molecule has 3 rings (SSSR count). The fourth-order valence-corrected chi connectivity index (χ4v) is 3.43. The number of rotatable bonds is 5. The fraction of sp³-hybridized carbons (Fsp3) is 0.571. The topological polar surface area (TPSA) is 51.9 Å². The maximum Gasteiger partial charge on any atom is 0.345 e. The Kier molecular flexibility index (Phi) is 4.03. The quantitative estimate of drug-likeness (QED) is 0.851. The molecule has 0 saturated carbocycles. The minimum absolute atomic E-state index is 0.0495. The Labute approximate surface area is 122 Å². The van der Waals surface area contributed by atoms with Gasteiger partial charge in [0.15, 0.2) is 0 Å². The van der Waals surface area contributed by atoms with Crippen LogP contribution in [-0.4, -0.2) is 20.9 Å². The first-order valence-corrected chi connectivity index (χ1v) is 7.98. The van der Waals surface area contributed by atoms with E-state index in [1.54, 1.807) is 4.68 Å². The Morgan fingerprint density at radius 2 is 2.30 bits per heavy atom. The van der Waals surface area contributed by atoms with Crippen molar-refractivity contribution in [2.24, 2.45) is 0 Å². The molecule has 5 nitrogen and oxygen atoms in total. The molecule has 3 heterocycles. The summed E-state index contributed by atoms with van der Waals surface area (Å²) < 4.78 is 3.43. The minimum Gasteiger partial charge on any atom is -0.310 e. The smallest absolute Gasteiger partial charge is 0.310 e. The van der Waals surface area contributed by atoms with Crippen LogP contribution in [-0.2, 0) is 26.1 Å². The number of nitrogens with one attached hydrogen (secondary N) is 1. The molecular formula is C14H20N4OS. The van der Waals surface area contributed by atoms with Gasteiger partial charge in [-0.05, 0) is 31.9 Å². The van der Waals surface area contributed by atoms with Gasteiger partial charge < -0.3 is 5.32 Å². The largest absolute Gasteiger partial charge is 0.345 e. The van der Waals surface area contributed by atoms with Crippen molar-refractivity contribution < 1.29 is 0 Å². The highest BCUT2D eigenvalue weighted by atomic mass is 32.1. The third-order valence-electron chi connectivity index (χ3n) is 3.63. The summed E-state index contributed by atoms with van der Waals surface area (Å²) in [6, 6.07) is 4.28. The minimum atomic E-state index is 0.0495. The van der Waals surface area contributed by atoms with E-state index in [-0.39, 0.29) is 5.69 Å². The Morgan fingerprint density at radius 3 is 3.05 bits per heavy atom. The first-order chi connectivity index (χ1) is 9.74. The first-order valence-electron chi connectivity index (χ1n) is 7.16. The maximum atomic E-state index is 12.1. The van der Waals surface area contributed by atoms with E-state index < -0.39 is 0 Å². The second-order valence-corrected chi connectivity index (χ2v) is 6.59. The van der Waals surface area contributed by atoms with Crippen molar-refractivity contribution in [3.8, 4) is 0 Å². The second-order valence-electron chi connectivity index (χ2n) is 5.22. The van der Waals surface area contributed by atoms with E-state index in [1.165, 1.54) is 9.75 Å². The van der Waals surface area contributed by atoms with E-state index in [1.807, 2.05) is 15.9 Å². The van der Waals surface area contributed by atoms with Crippen molar-refractivity contribution in [2.45, 2.75) is 45.8 Å². The van der Waals surface area contributed by atoms with Crippen LogP contribution in [0.1, 0.15) is 28.4 Å². The van der Waals surface area contributed by atoms with Crippen LogP contribution in [0.5, 0.6) is 0 Å². The molecule has 0 aliphatic carbocycles. The summed E-state index contributed by atoms with van der Waals surface area (Å²) in [6.07, 6.45) is 3.17. The molecule has 20 heavy (non-hydrogen) atoms. The molecule has 6 heteroatoms.